The van der Waals surface area contributed by atoms with E-state index in [0.29, 0.717) is 19.1 Å². The second-order valence-electron chi connectivity index (χ2n) is 4.04. The van der Waals surface area contributed by atoms with Crippen molar-refractivity contribution in [1.29, 1.82) is 0 Å². The second kappa shape index (κ2) is 7.65. The summed E-state index contributed by atoms with van der Waals surface area (Å²) in [5, 5.41) is 6.22. The largest absolute Gasteiger partial charge is 0.383 e. The Morgan fingerprint density at radius 1 is 1.33 bits per heavy atom. The van der Waals surface area contributed by atoms with Crippen molar-refractivity contribution in [3.8, 4) is 0 Å². The molecule has 0 atom stereocenters. The van der Waals surface area contributed by atoms with Crippen molar-refractivity contribution in [1.82, 2.24) is 10.6 Å². The van der Waals surface area contributed by atoms with Crippen LogP contribution in [0.2, 0.25) is 0 Å². The number of hydrogen-bond donors (Lipinski definition) is 2. The average Bonchev–Trinajstić information content (AvgIpc) is 2.70. The van der Waals surface area contributed by atoms with E-state index < -0.39 is 0 Å². The topological polar surface area (TPSA) is 50.4 Å². The first-order chi connectivity index (χ1) is 7.33. The van der Waals surface area contributed by atoms with Gasteiger partial charge in [0.25, 0.3) is 0 Å². The van der Waals surface area contributed by atoms with Crippen molar-refractivity contribution in [3.63, 3.8) is 0 Å². The zero-order valence-electron chi connectivity index (χ0n) is 9.55. The van der Waals surface area contributed by atoms with Crippen molar-refractivity contribution in [2.45, 2.75) is 38.1 Å². The average molecular weight is 214 g/mol. The highest BCUT2D eigenvalue weighted by Gasteiger charge is 2.16. The maximum Gasteiger partial charge on any atom is 0.221 e. The van der Waals surface area contributed by atoms with Crippen LogP contribution >= 0.6 is 0 Å². The molecule has 1 fully saturated rings. The third kappa shape index (κ3) is 5.74. The number of methoxy groups -OCH3 is 1. The van der Waals surface area contributed by atoms with Crippen LogP contribution in [0, 0.1) is 0 Å². The molecule has 0 unspecified atom stereocenters. The van der Waals surface area contributed by atoms with Gasteiger partial charge in [-0.2, -0.15) is 0 Å². The van der Waals surface area contributed by atoms with Gasteiger partial charge in [-0.1, -0.05) is 12.8 Å². The maximum absolute atomic E-state index is 11.4. The lowest BCUT2D eigenvalue weighted by atomic mass is 10.2. The summed E-state index contributed by atoms with van der Waals surface area (Å²) >= 11 is 0. The minimum atomic E-state index is 0.173. The normalized spacial score (nSPS) is 16.9. The number of amides is 1. The van der Waals surface area contributed by atoms with Crippen LogP contribution in [0.1, 0.15) is 32.1 Å². The first-order valence-corrected chi connectivity index (χ1v) is 5.82. The van der Waals surface area contributed by atoms with Crippen LogP contribution in [0.15, 0.2) is 0 Å². The molecule has 1 saturated carbocycles. The van der Waals surface area contributed by atoms with Crippen LogP contribution < -0.4 is 10.6 Å². The third-order valence-electron chi connectivity index (χ3n) is 2.73. The molecule has 2 N–H and O–H groups in total. The summed E-state index contributed by atoms with van der Waals surface area (Å²) in [4.78, 5) is 11.4. The maximum atomic E-state index is 11.4. The van der Waals surface area contributed by atoms with Crippen LogP contribution in [0.5, 0.6) is 0 Å². The van der Waals surface area contributed by atoms with Crippen molar-refractivity contribution in [3.05, 3.63) is 0 Å². The molecule has 1 aliphatic rings. The Hall–Kier alpha value is -0.610. The van der Waals surface area contributed by atoms with Crippen LogP contribution in [-0.2, 0) is 9.53 Å². The molecule has 0 heterocycles. The molecule has 4 heteroatoms. The van der Waals surface area contributed by atoms with Gasteiger partial charge < -0.3 is 15.4 Å². The monoisotopic (exact) mass is 214 g/mol. The smallest absolute Gasteiger partial charge is 0.221 e. The van der Waals surface area contributed by atoms with E-state index in [2.05, 4.69) is 10.6 Å². The van der Waals surface area contributed by atoms with E-state index in [1.165, 1.54) is 12.8 Å². The number of ether oxygens (including phenoxy) is 1. The number of hydrogen-bond acceptors (Lipinski definition) is 3. The van der Waals surface area contributed by atoms with E-state index in [1.807, 2.05) is 0 Å². The van der Waals surface area contributed by atoms with Gasteiger partial charge in [0.1, 0.15) is 0 Å². The highest BCUT2D eigenvalue weighted by atomic mass is 16.5. The fraction of sp³-hybridized carbons (Fsp3) is 0.909. The summed E-state index contributed by atoms with van der Waals surface area (Å²) in [5.41, 5.74) is 0. The standard InChI is InChI=1S/C11H22N2O2/c1-15-9-8-12-7-6-11(14)13-10-4-2-3-5-10/h10,12H,2-9H2,1H3,(H,13,14). The molecule has 88 valence electrons. The Kier molecular flexibility index (Phi) is 6.36. The molecule has 0 saturated heterocycles. The summed E-state index contributed by atoms with van der Waals surface area (Å²) in [6.07, 6.45) is 5.40. The number of nitrogens with one attached hydrogen (secondary N) is 2. The Bertz CT molecular complexity index is 179. The molecule has 1 rings (SSSR count). The predicted molar refractivity (Wildman–Crippen MR) is 59.8 cm³/mol. The summed E-state index contributed by atoms with van der Waals surface area (Å²) in [6.45, 7) is 2.25. The van der Waals surface area contributed by atoms with Gasteiger partial charge in [-0.25, -0.2) is 0 Å². The first-order valence-electron chi connectivity index (χ1n) is 5.82. The SMILES string of the molecule is COCCNCCC(=O)NC1CCCC1. The first kappa shape index (κ1) is 12.5. The summed E-state index contributed by atoms with van der Waals surface area (Å²) in [7, 11) is 1.68. The van der Waals surface area contributed by atoms with E-state index in [4.69, 9.17) is 4.74 Å². The van der Waals surface area contributed by atoms with Crippen LogP contribution in [-0.4, -0.2) is 38.8 Å². The molecule has 0 aliphatic heterocycles. The molecule has 1 aliphatic carbocycles. The lowest BCUT2D eigenvalue weighted by Gasteiger charge is -2.11. The van der Waals surface area contributed by atoms with Crippen LogP contribution in [0.25, 0.3) is 0 Å². The van der Waals surface area contributed by atoms with Crippen LogP contribution in [0.3, 0.4) is 0 Å². The Morgan fingerprint density at radius 3 is 2.73 bits per heavy atom. The highest BCUT2D eigenvalue weighted by Crippen LogP contribution is 2.17. The lowest BCUT2D eigenvalue weighted by Crippen LogP contribution is -2.34. The van der Waals surface area contributed by atoms with Crippen molar-refractivity contribution < 1.29 is 9.53 Å². The Labute approximate surface area is 91.8 Å². The molecule has 0 spiro atoms. The molecular weight excluding hydrogens is 192 g/mol. The van der Waals surface area contributed by atoms with E-state index in [1.54, 1.807) is 7.11 Å². The predicted octanol–water partition coefficient (Wildman–Crippen LogP) is 0.671. The molecule has 15 heavy (non-hydrogen) atoms. The van der Waals surface area contributed by atoms with E-state index in [-0.39, 0.29) is 5.91 Å². The fourth-order valence-electron chi connectivity index (χ4n) is 1.87. The third-order valence-corrected chi connectivity index (χ3v) is 2.73. The molecule has 1 amide bonds. The molecule has 0 aromatic heterocycles. The van der Waals surface area contributed by atoms with Gasteiger partial charge in [0.15, 0.2) is 0 Å². The van der Waals surface area contributed by atoms with Gasteiger partial charge in [-0.3, -0.25) is 4.79 Å². The van der Waals surface area contributed by atoms with Gasteiger partial charge in [-0.05, 0) is 12.8 Å². The highest BCUT2D eigenvalue weighted by molar-refractivity contribution is 5.76. The van der Waals surface area contributed by atoms with Gasteiger partial charge in [0.2, 0.25) is 5.91 Å². The summed E-state index contributed by atoms with van der Waals surface area (Å²) < 4.78 is 4.89. The number of carbonyl (C=O) groups is 1. The molecule has 0 aromatic carbocycles. The van der Waals surface area contributed by atoms with Gasteiger partial charge in [0.05, 0.1) is 6.61 Å². The number of rotatable bonds is 7. The zero-order valence-corrected chi connectivity index (χ0v) is 9.55. The Balaban J connectivity index is 1.93. The van der Waals surface area contributed by atoms with E-state index in [0.717, 1.165) is 25.9 Å². The quantitative estimate of drug-likeness (QED) is 0.612. The van der Waals surface area contributed by atoms with Crippen LogP contribution in [0.4, 0.5) is 0 Å². The number of carbonyl (C=O) groups excluding carboxylic acids is 1. The molecule has 4 nitrogen and oxygen atoms in total. The van der Waals surface area contributed by atoms with Gasteiger partial charge >= 0.3 is 0 Å². The Morgan fingerprint density at radius 2 is 2.07 bits per heavy atom. The van der Waals surface area contributed by atoms with Crippen molar-refractivity contribution in [2.75, 3.05) is 26.8 Å². The molecule has 0 aromatic rings. The summed E-state index contributed by atoms with van der Waals surface area (Å²) in [5.74, 6) is 0.173. The summed E-state index contributed by atoms with van der Waals surface area (Å²) in [6, 6.07) is 0.441. The molecule has 0 bridgehead atoms. The van der Waals surface area contributed by atoms with E-state index >= 15 is 0 Å². The molecule has 0 radical (unpaired) electrons. The van der Waals surface area contributed by atoms with Gasteiger partial charge in [0, 0.05) is 32.7 Å². The van der Waals surface area contributed by atoms with Crippen molar-refractivity contribution in [2.24, 2.45) is 0 Å². The molecular formula is C11H22N2O2. The van der Waals surface area contributed by atoms with Gasteiger partial charge in [-0.15, -0.1) is 0 Å². The minimum Gasteiger partial charge on any atom is -0.383 e. The minimum absolute atomic E-state index is 0.173. The zero-order chi connectivity index (χ0) is 10.9. The van der Waals surface area contributed by atoms with E-state index in [9.17, 15) is 4.79 Å². The second-order valence-corrected chi connectivity index (χ2v) is 4.04. The van der Waals surface area contributed by atoms with Crippen molar-refractivity contribution >= 4 is 5.91 Å². The lowest BCUT2D eigenvalue weighted by molar-refractivity contribution is -0.121. The fourth-order valence-corrected chi connectivity index (χ4v) is 1.87.